The van der Waals surface area contributed by atoms with E-state index in [0.717, 1.165) is 16.8 Å². The molecule has 0 atom stereocenters. The maximum atomic E-state index is 13.1. The highest BCUT2D eigenvalue weighted by Gasteiger charge is 2.26. The number of carbonyl (C=O) groups excluding carboxylic acids is 1. The van der Waals surface area contributed by atoms with Gasteiger partial charge in [-0.2, -0.15) is 12.8 Å². The van der Waals surface area contributed by atoms with Crippen LogP contribution in [0.5, 0.6) is 0 Å². The molecule has 0 fully saturated rings. The summed E-state index contributed by atoms with van der Waals surface area (Å²) >= 11 is 0. The summed E-state index contributed by atoms with van der Waals surface area (Å²) in [6.07, 6.45) is 1.51. The molecule has 1 aliphatic rings. The summed E-state index contributed by atoms with van der Waals surface area (Å²) in [6.45, 7) is 8.19. The first-order valence-corrected chi connectivity index (χ1v) is 12.1. The lowest BCUT2D eigenvalue weighted by atomic mass is 9.87. The number of rotatable bonds is 4. The van der Waals surface area contributed by atoms with Crippen molar-refractivity contribution < 1.29 is 13.2 Å². The van der Waals surface area contributed by atoms with Crippen molar-refractivity contribution in [2.45, 2.75) is 38.0 Å². The molecule has 0 spiro atoms. The summed E-state index contributed by atoms with van der Waals surface area (Å²) in [6, 6.07) is 21.3. The zero-order chi connectivity index (χ0) is 23.8. The molecule has 1 N–H and O–H groups in total. The van der Waals surface area contributed by atoms with Crippen LogP contribution in [0, 0.1) is 6.92 Å². The molecule has 5 nitrogen and oxygen atoms in total. The first-order valence-electron chi connectivity index (χ1n) is 10.7. The number of hydrogen-bond donors (Lipinski definition) is 1. The number of fused-ring (bicyclic) bond motifs is 1. The van der Waals surface area contributed by atoms with E-state index >= 15 is 0 Å². The van der Waals surface area contributed by atoms with Gasteiger partial charge in [-0.25, -0.2) is 0 Å². The fourth-order valence-electron chi connectivity index (χ4n) is 3.60. The van der Waals surface area contributed by atoms with Crippen LogP contribution >= 0.6 is 0 Å². The molecular weight excluding hydrogens is 432 g/mol. The molecule has 4 rings (SSSR count). The van der Waals surface area contributed by atoms with Gasteiger partial charge in [-0.3, -0.25) is 4.79 Å². The van der Waals surface area contributed by atoms with Gasteiger partial charge in [0.25, 0.3) is 10.0 Å². The van der Waals surface area contributed by atoms with E-state index < -0.39 is 10.0 Å². The number of anilines is 1. The van der Waals surface area contributed by atoms with Gasteiger partial charge >= 0.3 is 0 Å². The summed E-state index contributed by atoms with van der Waals surface area (Å²) in [7, 11) is -3.98. The molecular formula is C27H26N2O3S. The Morgan fingerprint density at radius 2 is 1.42 bits per heavy atom. The summed E-state index contributed by atoms with van der Waals surface area (Å²) < 4.78 is 30.4. The van der Waals surface area contributed by atoms with Crippen molar-refractivity contribution in [3.63, 3.8) is 0 Å². The maximum Gasteiger partial charge on any atom is 0.282 e. The number of sulfonamides is 1. The number of carbonyl (C=O) groups is 1. The minimum Gasteiger partial charge on any atom is -0.352 e. The second kappa shape index (κ2) is 8.45. The minimum atomic E-state index is -3.98. The topological polar surface area (TPSA) is 75.6 Å². The van der Waals surface area contributed by atoms with Crippen molar-refractivity contribution in [2.75, 3.05) is 5.32 Å². The van der Waals surface area contributed by atoms with E-state index in [1.807, 2.05) is 43.3 Å². The average Bonchev–Trinajstić information content (AvgIpc) is 2.78. The number of nitrogens with one attached hydrogen (secondary N) is 1. The van der Waals surface area contributed by atoms with E-state index in [2.05, 4.69) is 30.5 Å². The molecule has 0 bridgehead atoms. The Hall–Kier alpha value is -3.51. The van der Waals surface area contributed by atoms with Crippen molar-refractivity contribution in [3.05, 3.63) is 107 Å². The predicted octanol–water partition coefficient (Wildman–Crippen LogP) is 5.66. The van der Waals surface area contributed by atoms with E-state index in [0.29, 0.717) is 11.1 Å². The fourth-order valence-corrected chi connectivity index (χ4v) is 4.59. The molecule has 3 aromatic carbocycles. The lowest BCUT2D eigenvalue weighted by Gasteiger charge is -2.19. The fraction of sp³-hybridized carbons (Fsp3) is 0.185. The highest BCUT2D eigenvalue weighted by Crippen LogP contribution is 2.27. The highest BCUT2D eigenvalue weighted by molar-refractivity contribution is 7.90. The number of aryl methyl sites for hydroxylation is 1. The first kappa shape index (κ1) is 22.7. The van der Waals surface area contributed by atoms with Gasteiger partial charge in [-0.15, -0.1) is 0 Å². The highest BCUT2D eigenvalue weighted by atomic mass is 32.2. The van der Waals surface area contributed by atoms with Crippen LogP contribution in [0.25, 0.3) is 0 Å². The first-order chi connectivity index (χ1) is 15.5. The number of Topliss-reactive ketones (excluding diaryl/α,β-unsaturated/α-hetero) is 1. The lowest BCUT2D eigenvalue weighted by molar-refractivity contribution is 0.103. The van der Waals surface area contributed by atoms with Gasteiger partial charge in [0.1, 0.15) is 0 Å². The van der Waals surface area contributed by atoms with Gasteiger partial charge in [0.15, 0.2) is 0 Å². The largest absolute Gasteiger partial charge is 0.352 e. The van der Waals surface area contributed by atoms with E-state index in [9.17, 15) is 13.2 Å². The van der Waals surface area contributed by atoms with E-state index in [1.165, 1.54) is 6.08 Å². The van der Waals surface area contributed by atoms with Crippen molar-refractivity contribution in [3.8, 4) is 0 Å². The molecule has 0 aromatic heterocycles. The van der Waals surface area contributed by atoms with E-state index in [-0.39, 0.29) is 27.5 Å². The number of ketones is 1. The predicted molar refractivity (Wildman–Crippen MR) is 133 cm³/mol. The normalized spacial score (nSPS) is 15.2. The van der Waals surface area contributed by atoms with Gasteiger partial charge < -0.3 is 5.32 Å². The Labute approximate surface area is 195 Å². The average molecular weight is 459 g/mol. The molecule has 33 heavy (non-hydrogen) atoms. The number of nitrogens with zero attached hydrogens (tertiary/aromatic N) is 1. The molecule has 0 radical (unpaired) electrons. The molecule has 3 aromatic rings. The number of hydrogen-bond acceptors (Lipinski definition) is 4. The van der Waals surface area contributed by atoms with Crippen LogP contribution in [0.15, 0.2) is 93.9 Å². The van der Waals surface area contributed by atoms with Crippen LogP contribution in [-0.4, -0.2) is 19.9 Å². The van der Waals surface area contributed by atoms with E-state index in [4.69, 9.17) is 0 Å². The Morgan fingerprint density at radius 3 is 2.03 bits per heavy atom. The smallest absolute Gasteiger partial charge is 0.282 e. The Balaban J connectivity index is 1.76. The maximum absolute atomic E-state index is 13.1. The van der Waals surface area contributed by atoms with Crippen molar-refractivity contribution in [1.29, 1.82) is 0 Å². The van der Waals surface area contributed by atoms with Crippen molar-refractivity contribution in [1.82, 2.24) is 0 Å². The third kappa shape index (κ3) is 4.81. The number of benzene rings is 3. The SMILES string of the molecule is Cc1ccc(NC2=CC(=NS(=O)(=O)c3ccc(C(C)(C)C)cc3)c3ccccc3C2=O)cc1. The van der Waals surface area contributed by atoms with Crippen molar-refractivity contribution in [2.24, 2.45) is 4.40 Å². The summed E-state index contributed by atoms with van der Waals surface area (Å²) in [5.41, 5.74) is 4.18. The molecule has 0 unspecified atom stereocenters. The van der Waals surface area contributed by atoms with Crippen LogP contribution in [0.3, 0.4) is 0 Å². The minimum absolute atomic E-state index is 0.0872. The molecule has 0 saturated carbocycles. The number of allylic oxidation sites excluding steroid dienone is 2. The molecule has 0 heterocycles. The second-order valence-corrected chi connectivity index (χ2v) is 10.8. The summed E-state index contributed by atoms with van der Waals surface area (Å²) in [5.74, 6) is -0.211. The van der Waals surface area contributed by atoms with Gasteiger partial charge in [-0.1, -0.05) is 74.9 Å². The second-order valence-electron chi connectivity index (χ2n) is 9.15. The third-order valence-electron chi connectivity index (χ3n) is 5.54. The van der Waals surface area contributed by atoms with Gasteiger partial charge in [0.2, 0.25) is 5.78 Å². The van der Waals surface area contributed by atoms with Gasteiger partial charge in [-0.05, 0) is 48.2 Å². The van der Waals surface area contributed by atoms with Crippen LogP contribution in [0.2, 0.25) is 0 Å². The monoisotopic (exact) mass is 458 g/mol. The van der Waals surface area contributed by atoms with Crippen molar-refractivity contribution >= 4 is 27.2 Å². The summed E-state index contributed by atoms with van der Waals surface area (Å²) in [5, 5.41) is 3.11. The Bertz CT molecular complexity index is 1380. The molecule has 0 amide bonds. The Morgan fingerprint density at radius 1 is 0.818 bits per heavy atom. The Kier molecular flexibility index (Phi) is 5.80. The van der Waals surface area contributed by atoms with Gasteiger partial charge in [0, 0.05) is 16.8 Å². The van der Waals surface area contributed by atoms with Crippen LogP contribution in [0.1, 0.15) is 47.8 Å². The molecule has 0 aliphatic heterocycles. The molecule has 0 saturated heterocycles. The van der Waals surface area contributed by atoms with Crippen LogP contribution < -0.4 is 5.32 Å². The summed E-state index contributed by atoms with van der Waals surface area (Å²) in [4.78, 5) is 13.2. The molecule has 168 valence electrons. The lowest BCUT2D eigenvalue weighted by Crippen LogP contribution is -2.22. The van der Waals surface area contributed by atoms with Gasteiger partial charge in [0.05, 0.1) is 16.3 Å². The van der Waals surface area contributed by atoms with E-state index in [1.54, 1.807) is 36.4 Å². The van der Waals surface area contributed by atoms with Crippen LogP contribution in [-0.2, 0) is 15.4 Å². The third-order valence-corrected chi connectivity index (χ3v) is 6.85. The quantitative estimate of drug-likeness (QED) is 0.547. The molecule has 1 aliphatic carbocycles. The molecule has 6 heteroatoms. The zero-order valence-electron chi connectivity index (χ0n) is 19.1. The van der Waals surface area contributed by atoms with Crippen LogP contribution in [0.4, 0.5) is 5.69 Å². The standard InChI is InChI=1S/C27H26N2O3S/c1-18-9-13-20(14-10-18)28-25-17-24(22-7-5-6-8-23(22)26(25)30)29-33(31,32)21-15-11-19(12-16-21)27(2,3)4/h5-17,28H,1-4H3. The zero-order valence-corrected chi connectivity index (χ0v) is 19.9.